The summed E-state index contributed by atoms with van der Waals surface area (Å²) in [5, 5.41) is 8.18. The average Bonchev–Trinajstić information content (AvgIpc) is 2.53. The first kappa shape index (κ1) is 18.2. The summed E-state index contributed by atoms with van der Waals surface area (Å²) in [6, 6.07) is 10.5. The van der Waals surface area contributed by atoms with Gasteiger partial charge in [0.25, 0.3) is 0 Å². The SMILES string of the molecule is CC(C)COc1ccc(-c2cccc(NS(=O)(=O)N(C)C)c2)nn1. The van der Waals surface area contributed by atoms with Crippen molar-refractivity contribution in [1.82, 2.24) is 14.5 Å². The van der Waals surface area contributed by atoms with Crippen LogP contribution in [0.4, 0.5) is 5.69 Å². The Hall–Kier alpha value is -2.19. The van der Waals surface area contributed by atoms with E-state index in [1.807, 2.05) is 6.07 Å². The van der Waals surface area contributed by atoms with Crippen molar-refractivity contribution in [2.75, 3.05) is 25.4 Å². The zero-order chi connectivity index (χ0) is 17.7. The first-order chi connectivity index (χ1) is 11.3. The molecule has 0 aliphatic carbocycles. The number of benzene rings is 1. The molecule has 0 fully saturated rings. The second kappa shape index (κ2) is 7.59. The molecule has 0 aliphatic rings. The van der Waals surface area contributed by atoms with Crippen molar-refractivity contribution >= 4 is 15.9 Å². The molecule has 0 bridgehead atoms. The van der Waals surface area contributed by atoms with Crippen molar-refractivity contribution in [2.45, 2.75) is 13.8 Å². The van der Waals surface area contributed by atoms with Gasteiger partial charge in [0.15, 0.2) is 0 Å². The lowest BCUT2D eigenvalue weighted by Gasteiger charge is -2.14. The number of anilines is 1. The molecule has 1 N–H and O–H groups in total. The third kappa shape index (κ3) is 4.90. The van der Waals surface area contributed by atoms with E-state index in [1.165, 1.54) is 14.1 Å². The summed E-state index contributed by atoms with van der Waals surface area (Å²) in [5.41, 5.74) is 1.86. The molecule has 0 amide bonds. The van der Waals surface area contributed by atoms with E-state index < -0.39 is 10.2 Å². The van der Waals surface area contributed by atoms with E-state index in [9.17, 15) is 8.42 Å². The standard InChI is InChI=1S/C16H22N4O3S/c1-12(2)11-23-16-9-8-15(17-18-16)13-6-5-7-14(10-13)19-24(21,22)20(3)4/h5-10,12,19H,11H2,1-4H3. The Bertz CT molecular complexity index is 774. The molecule has 0 unspecified atom stereocenters. The van der Waals surface area contributed by atoms with Crippen LogP contribution in [0.5, 0.6) is 5.88 Å². The molecule has 1 aromatic carbocycles. The largest absolute Gasteiger partial charge is 0.476 e. The van der Waals surface area contributed by atoms with Crippen molar-refractivity contribution in [2.24, 2.45) is 5.92 Å². The molecule has 8 heteroatoms. The minimum atomic E-state index is -3.55. The summed E-state index contributed by atoms with van der Waals surface area (Å²) in [6.07, 6.45) is 0. The summed E-state index contributed by atoms with van der Waals surface area (Å²) in [4.78, 5) is 0. The first-order valence-electron chi connectivity index (χ1n) is 7.55. The zero-order valence-electron chi connectivity index (χ0n) is 14.2. The van der Waals surface area contributed by atoms with Crippen LogP contribution >= 0.6 is 0 Å². The Labute approximate surface area is 142 Å². The third-order valence-corrected chi connectivity index (χ3v) is 4.55. The predicted molar refractivity (Wildman–Crippen MR) is 94.0 cm³/mol. The van der Waals surface area contributed by atoms with Crippen LogP contribution in [0, 0.1) is 5.92 Å². The van der Waals surface area contributed by atoms with Crippen LogP contribution in [0.3, 0.4) is 0 Å². The number of ether oxygens (including phenoxy) is 1. The number of nitrogens with one attached hydrogen (secondary N) is 1. The molecule has 0 aliphatic heterocycles. The average molecular weight is 350 g/mol. The van der Waals surface area contributed by atoms with E-state index >= 15 is 0 Å². The Morgan fingerprint density at radius 2 is 1.92 bits per heavy atom. The Kier molecular flexibility index (Phi) is 5.74. The molecule has 130 valence electrons. The molecular formula is C16H22N4O3S. The van der Waals surface area contributed by atoms with Crippen LogP contribution in [-0.2, 0) is 10.2 Å². The summed E-state index contributed by atoms with van der Waals surface area (Å²) >= 11 is 0. The monoisotopic (exact) mass is 350 g/mol. The van der Waals surface area contributed by atoms with Gasteiger partial charge in [-0.15, -0.1) is 10.2 Å². The zero-order valence-corrected chi connectivity index (χ0v) is 15.0. The van der Waals surface area contributed by atoms with Crippen molar-refractivity contribution in [3.05, 3.63) is 36.4 Å². The van der Waals surface area contributed by atoms with Gasteiger partial charge in [-0.1, -0.05) is 26.0 Å². The molecule has 7 nitrogen and oxygen atoms in total. The highest BCUT2D eigenvalue weighted by Crippen LogP contribution is 2.22. The van der Waals surface area contributed by atoms with Crippen LogP contribution in [0.1, 0.15) is 13.8 Å². The predicted octanol–water partition coefficient (Wildman–Crippen LogP) is 2.40. The van der Waals surface area contributed by atoms with Crippen LogP contribution in [0.15, 0.2) is 36.4 Å². The summed E-state index contributed by atoms with van der Waals surface area (Å²) in [7, 11) is -0.614. The maximum Gasteiger partial charge on any atom is 0.301 e. The van der Waals surface area contributed by atoms with Gasteiger partial charge >= 0.3 is 10.2 Å². The summed E-state index contributed by atoms with van der Waals surface area (Å²) < 4.78 is 32.9. The second-order valence-corrected chi connectivity index (χ2v) is 7.82. The van der Waals surface area contributed by atoms with Gasteiger partial charge in [0, 0.05) is 25.7 Å². The summed E-state index contributed by atoms with van der Waals surface area (Å²) in [6.45, 7) is 4.69. The second-order valence-electron chi connectivity index (χ2n) is 5.93. The lowest BCUT2D eigenvalue weighted by atomic mass is 10.1. The lowest BCUT2D eigenvalue weighted by molar-refractivity contribution is 0.258. The van der Waals surface area contributed by atoms with E-state index in [-0.39, 0.29) is 0 Å². The summed E-state index contributed by atoms with van der Waals surface area (Å²) in [5.74, 6) is 0.879. The van der Waals surface area contributed by atoms with Crippen molar-refractivity contribution in [1.29, 1.82) is 0 Å². The highest BCUT2D eigenvalue weighted by molar-refractivity contribution is 7.90. The van der Waals surface area contributed by atoms with E-state index in [0.29, 0.717) is 29.8 Å². The van der Waals surface area contributed by atoms with E-state index in [1.54, 1.807) is 30.3 Å². The third-order valence-electron chi connectivity index (χ3n) is 3.09. The van der Waals surface area contributed by atoms with Gasteiger partial charge in [0.2, 0.25) is 5.88 Å². The normalized spacial score (nSPS) is 11.8. The van der Waals surface area contributed by atoms with Crippen LogP contribution < -0.4 is 9.46 Å². The molecule has 0 saturated heterocycles. The molecule has 0 atom stereocenters. The first-order valence-corrected chi connectivity index (χ1v) is 8.99. The van der Waals surface area contributed by atoms with Crippen LogP contribution in [-0.4, -0.2) is 43.6 Å². The number of nitrogens with zero attached hydrogens (tertiary/aromatic N) is 3. The molecule has 1 aromatic heterocycles. The van der Waals surface area contributed by atoms with Crippen molar-refractivity contribution in [3.63, 3.8) is 0 Å². The van der Waals surface area contributed by atoms with Crippen molar-refractivity contribution < 1.29 is 13.2 Å². The fourth-order valence-electron chi connectivity index (χ4n) is 1.79. The molecular weight excluding hydrogens is 328 g/mol. The molecule has 24 heavy (non-hydrogen) atoms. The van der Waals surface area contributed by atoms with E-state index in [4.69, 9.17) is 4.74 Å². The minimum absolute atomic E-state index is 0.410. The minimum Gasteiger partial charge on any atom is -0.476 e. The molecule has 0 spiro atoms. The fourth-order valence-corrected chi connectivity index (χ4v) is 2.39. The highest BCUT2D eigenvalue weighted by atomic mass is 32.2. The Morgan fingerprint density at radius 3 is 2.50 bits per heavy atom. The lowest BCUT2D eigenvalue weighted by Crippen LogP contribution is -2.28. The Balaban J connectivity index is 2.16. The van der Waals surface area contributed by atoms with Crippen molar-refractivity contribution in [3.8, 4) is 17.1 Å². The molecule has 0 radical (unpaired) electrons. The molecule has 1 heterocycles. The highest BCUT2D eigenvalue weighted by Gasteiger charge is 2.13. The number of hydrogen-bond acceptors (Lipinski definition) is 5. The van der Waals surface area contributed by atoms with Gasteiger partial charge in [-0.25, -0.2) is 0 Å². The van der Waals surface area contributed by atoms with E-state index in [2.05, 4.69) is 28.8 Å². The fraction of sp³-hybridized carbons (Fsp3) is 0.375. The quantitative estimate of drug-likeness (QED) is 0.829. The number of hydrogen-bond donors (Lipinski definition) is 1. The van der Waals surface area contributed by atoms with Gasteiger partial charge in [-0.2, -0.15) is 12.7 Å². The number of aromatic nitrogens is 2. The van der Waals surface area contributed by atoms with Gasteiger partial charge in [0.05, 0.1) is 18.0 Å². The van der Waals surface area contributed by atoms with Gasteiger partial charge in [-0.3, -0.25) is 4.72 Å². The van der Waals surface area contributed by atoms with Gasteiger partial charge < -0.3 is 4.74 Å². The smallest absolute Gasteiger partial charge is 0.301 e. The topological polar surface area (TPSA) is 84.4 Å². The molecule has 2 rings (SSSR count). The van der Waals surface area contributed by atoms with E-state index in [0.717, 1.165) is 9.87 Å². The maximum absolute atomic E-state index is 11.9. The van der Waals surface area contributed by atoms with Gasteiger partial charge in [-0.05, 0) is 24.1 Å². The molecule has 2 aromatic rings. The van der Waals surface area contributed by atoms with Gasteiger partial charge in [0.1, 0.15) is 0 Å². The maximum atomic E-state index is 11.9. The van der Waals surface area contributed by atoms with Crippen LogP contribution in [0.2, 0.25) is 0 Å². The molecule has 0 saturated carbocycles. The Morgan fingerprint density at radius 1 is 1.17 bits per heavy atom. The van der Waals surface area contributed by atoms with Crippen LogP contribution in [0.25, 0.3) is 11.3 Å². The number of rotatable bonds is 7.